The van der Waals surface area contributed by atoms with E-state index in [0.717, 1.165) is 36.5 Å². The van der Waals surface area contributed by atoms with Gasteiger partial charge in [0.2, 0.25) is 0 Å². The van der Waals surface area contributed by atoms with Crippen molar-refractivity contribution in [1.82, 2.24) is 10.3 Å². The molecule has 0 fully saturated rings. The molecular weight excluding hydrogens is 280 g/mol. The van der Waals surface area contributed by atoms with Gasteiger partial charge in [0.15, 0.2) is 0 Å². The third kappa shape index (κ3) is 3.22. The average Bonchev–Trinajstić information content (AvgIpc) is 2.51. The van der Waals surface area contributed by atoms with Crippen LogP contribution in [0.25, 0.3) is 10.9 Å². The highest BCUT2D eigenvalue weighted by Gasteiger charge is 2.17. The molecule has 0 atom stereocenters. The first-order valence-electron chi connectivity index (χ1n) is 8.10. The van der Waals surface area contributed by atoms with E-state index in [2.05, 4.69) is 24.4 Å². The summed E-state index contributed by atoms with van der Waals surface area (Å²) in [5, 5.41) is 5.62. The Labute approximate surface area is 131 Å². The molecule has 0 saturated heterocycles. The molecule has 1 aromatic carbocycles. The van der Waals surface area contributed by atoms with Gasteiger partial charge < -0.3 is 5.32 Å². The average molecular weight is 303 g/mol. The van der Waals surface area contributed by atoms with Crippen molar-refractivity contribution in [3.8, 4) is 0 Å². The van der Waals surface area contributed by atoms with Crippen molar-refractivity contribution in [2.75, 3.05) is 6.54 Å². The zero-order valence-electron chi connectivity index (χ0n) is 12.7. The summed E-state index contributed by atoms with van der Waals surface area (Å²) in [4.78, 5) is 4.88. The predicted molar refractivity (Wildman–Crippen MR) is 90.0 cm³/mol. The van der Waals surface area contributed by atoms with Crippen LogP contribution >= 0.6 is 11.6 Å². The highest BCUT2D eigenvalue weighted by atomic mass is 35.5. The quantitative estimate of drug-likeness (QED) is 0.813. The van der Waals surface area contributed by atoms with Gasteiger partial charge in [0.1, 0.15) is 0 Å². The molecule has 1 aliphatic rings. The molecule has 0 aliphatic heterocycles. The maximum atomic E-state index is 6.21. The lowest BCUT2D eigenvalue weighted by atomic mass is 9.90. The number of aryl methyl sites for hydroxylation is 1. The summed E-state index contributed by atoms with van der Waals surface area (Å²) in [5.41, 5.74) is 5.30. The number of pyridine rings is 1. The van der Waals surface area contributed by atoms with Gasteiger partial charge in [0.25, 0.3) is 0 Å². The van der Waals surface area contributed by atoms with Gasteiger partial charge in [-0.1, -0.05) is 24.9 Å². The van der Waals surface area contributed by atoms with E-state index in [1.807, 2.05) is 6.07 Å². The molecule has 2 aromatic rings. The van der Waals surface area contributed by atoms with Gasteiger partial charge in [-0.3, -0.25) is 4.98 Å². The SMILES string of the molecule is CCCCNCc1c2c(nc3ccc(Cl)cc13)CCCC2. The summed E-state index contributed by atoms with van der Waals surface area (Å²) in [7, 11) is 0. The third-order valence-electron chi connectivity index (χ3n) is 4.35. The van der Waals surface area contributed by atoms with Crippen molar-refractivity contribution in [2.45, 2.75) is 52.0 Å². The summed E-state index contributed by atoms with van der Waals surface area (Å²) in [6, 6.07) is 6.08. The Morgan fingerprint density at radius 3 is 2.95 bits per heavy atom. The van der Waals surface area contributed by atoms with Crippen molar-refractivity contribution >= 4 is 22.5 Å². The van der Waals surface area contributed by atoms with Gasteiger partial charge in [-0.2, -0.15) is 0 Å². The van der Waals surface area contributed by atoms with Crippen LogP contribution in [0.15, 0.2) is 18.2 Å². The van der Waals surface area contributed by atoms with Crippen LogP contribution in [-0.4, -0.2) is 11.5 Å². The smallest absolute Gasteiger partial charge is 0.0709 e. The number of aromatic nitrogens is 1. The van der Waals surface area contributed by atoms with Gasteiger partial charge in [0, 0.05) is 22.6 Å². The second-order valence-corrected chi connectivity index (χ2v) is 6.35. The van der Waals surface area contributed by atoms with Crippen LogP contribution in [0.1, 0.15) is 49.4 Å². The number of rotatable bonds is 5. The molecule has 0 radical (unpaired) electrons. The first-order valence-corrected chi connectivity index (χ1v) is 8.48. The molecule has 21 heavy (non-hydrogen) atoms. The van der Waals surface area contributed by atoms with E-state index in [4.69, 9.17) is 16.6 Å². The van der Waals surface area contributed by atoms with Gasteiger partial charge in [-0.05, 0) is 68.0 Å². The summed E-state index contributed by atoms with van der Waals surface area (Å²) in [6.07, 6.45) is 7.29. The van der Waals surface area contributed by atoms with Crippen LogP contribution in [0, 0.1) is 0 Å². The monoisotopic (exact) mass is 302 g/mol. The second-order valence-electron chi connectivity index (χ2n) is 5.91. The van der Waals surface area contributed by atoms with Crippen LogP contribution in [0.2, 0.25) is 5.02 Å². The van der Waals surface area contributed by atoms with Crippen molar-refractivity contribution in [3.63, 3.8) is 0 Å². The normalized spacial score (nSPS) is 14.4. The van der Waals surface area contributed by atoms with E-state index in [1.165, 1.54) is 47.9 Å². The fourth-order valence-electron chi connectivity index (χ4n) is 3.21. The number of hydrogen-bond donors (Lipinski definition) is 1. The van der Waals surface area contributed by atoms with E-state index >= 15 is 0 Å². The summed E-state index contributed by atoms with van der Waals surface area (Å²) >= 11 is 6.21. The number of unbranched alkanes of at least 4 members (excludes halogenated alkanes) is 1. The molecule has 3 rings (SSSR count). The molecule has 3 heteroatoms. The number of nitrogens with zero attached hydrogens (tertiary/aromatic N) is 1. The van der Waals surface area contributed by atoms with Crippen LogP contribution in [0.3, 0.4) is 0 Å². The molecule has 0 bridgehead atoms. The van der Waals surface area contributed by atoms with Crippen LogP contribution in [0.5, 0.6) is 0 Å². The highest BCUT2D eigenvalue weighted by molar-refractivity contribution is 6.31. The first kappa shape index (κ1) is 14.8. The van der Waals surface area contributed by atoms with E-state index in [1.54, 1.807) is 0 Å². The lowest BCUT2D eigenvalue weighted by molar-refractivity contribution is 0.624. The van der Waals surface area contributed by atoms with Crippen LogP contribution in [-0.2, 0) is 19.4 Å². The molecule has 0 saturated carbocycles. The molecule has 1 N–H and O–H groups in total. The molecular formula is C18H23ClN2. The second kappa shape index (κ2) is 6.76. The van der Waals surface area contributed by atoms with Gasteiger partial charge >= 0.3 is 0 Å². The minimum Gasteiger partial charge on any atom is -0.313 e. The fourth-order valence-corrected chi connectivity index (χ4v) is 3.38. The van der Waals surface area contributed by atoms with E-state index in [-0.39, 0.29) is 0 Å². The van der Waals surface area contributed by atoms with Gasteiger partial charge in [0.05, 0.1) is 5.52 Å². The molecule has 0 amide bonds. The minimum absolute atomic E-state index is 0.801. The Kier molecular flexibility index (Phi) is 4.77. The number of hydrogen-bond acceptors (Lipinski definition) is 2. The number of halogens is 1. The zero-order chi connectivity index (χ0) is 14.7. The van der Waals surface area contributed by atoms with Gasteiger partial charge in [-0.15, -0.1) is 0 Å². The Balaban J connectivity index is 2.01. The third-order valence-corrected chi connectivity index (χ3v) is 4.59. The summed E-state index contributed by atoms with van der Waals surface area (Å²) in [6.45, 7) is 4.24. The van der Waals surface area contributed by atoms with Crippen molar-refractivity contribution < 1.29 is 0 Å². The number of nitrogens with one attached hydrogen (secondary N) is 1. The Hall–Kier alpha value is -1.12. The minimum atomic E-state index is 0.801. The standard InChI is InChI=1S/C18H23ClN2/c1-2-3-10-20-12-16-14-6-4-5-7-17(14)21-18-9-8-13(19)11-15(16)18/h8-9,11,20H,2-7,10,12H2,1H3. The van der Waals surface area contributed by atoms with Crippen molar-refractivity contribution in [3.05, 3.63) is 40.0 Å². The molecule has 1 aromatic heterocycles. The van der Waals surface area contributed by atoms with E-state index in [0.29, 0.717) is 0 Å². The highest BCUT2D eigenvalue weighted by Crippen LogP contribution is 2.30. The van der Waals surface area contributed by atoms with Gasteiger partial charge in [-0.25, -0.2) is 0 Å². The maximum Gasteiger partial charge on any atom is 0.0709 e. The lowest BCUT2D eigenvalue weighted by Gasteiger charge is -2.21. The number of benzene rings is 1. The van der Waals surface area contributed by atoms with E-state index in [9.17, 15) is 0 Å². The molecule has 1 aliphatic carbocycles. The lowest BCUT2D eigenvalue weighted by Crippen LogP contribution is -2.18. The predicted octanol–water partition coefficient (Wildman–Crippen LogP) is 4.66. The molecule has 112 valence electrons. The maximum absolute atomic E-state index is 6.21. The first-order chi connectivity index (χ1) is 10.3. The number of fused-ring (bicyclic) bond motifs is 2. The largest absolute Gasteiger partial charge is 0.313 e. The summed E-state index contributed by atoms with van der Waals surface area (Å²) < 4.78 is 0. The van der Waals surface area contributed by atoms with Crippen LogP contribution < -0.4 is 5.32 Å². The summed E-state index contributed by atoms with van der Waals surface area (Å²) in [5.74, 6) is 0. The topological polar surface area (TPSA) is 24.9 Å². The molecule has 1 heterocycles. The molecule has 0 spiro atoms. The Morgan fingerprint density at radius 1 is 1.24 bits per heavy atom. The molecule has 2 nitrogen and oxygen atoms in total. The zero-order valence-corrected chi connectivity index (χ0v) is 13.5. The Bertz CT molecular complexity index is 637. The Morgan fingerprint density at radius 2 is 2.10 bits per heavy atom. The molecule has 0 unspecified atom stereocenters. The van der Waals surface area contributed by atoms with Crippen LogP contribution in [0.4, 0.5) is 0 Å². The van der Waals surface area contributed by atoms with E-state index < -0.39 is 0 Å². The fraction of sp³-hybridized carbons (Fsp3) is 0.500. The van der Waals surface area contributed by atoms with Crippen molar-refractivity contribution in [2.24, 2.45) is 0 Å². The van der Waals surface area contributed by atoms with Crippen molar-refractivity contribution in [1.29, 1.82) is 0 Å².